The van der Waals surface area contributed by atoms with E-state index in [1.54, 1.807) is 34.9 Å². The first-order valence-electron chi connectivity index (χ1n) is 10.6. The molecule has 8 nitrogen and oxygen atoms in total. The van der Waals surface area contributed by atoms with Crippen LogP contribution in [0.4, 0.5) is 10.5 Å². The quantitative estimate of drug-likeness (QED) is 0.691. The van der Waals surface area contributed by atoms with Gasteiger partial charge in [0.25, 0.3) is 5.91 Å². The van der Waals surface area contributed by atoms with Crippen LogP contribution in [0, 0.1) is 12.8 Å². The van der Waals surface area contributed by atoms with E-state index in [1.165, 1.54) is 32.1 Å². The molecule has 1 aromatic carbocycles. The van der Waals surface area contributed by atoms with Crippen molar-refractivity contribution in [2.45, 2.75) is 45.4 Å². The Hall–Kier alpha value is -2.13. The molecule has 0 spiro atoms. The Morgan fingerprint density at radius 1 is 1.13 bits per heavy atom. The first-order chi connectivity index (χ1) is 14.4. The monoisotopic (exact) mass is 436 g/mol. The van der Waals surface area contributed by atoms with Gasteiger partial charge < -0.3 is 23.8 Å². The fourth-order valence-corrected chi connectivity index (χ4v) is 4.56. The van der Waals surface area contributed by atoms with Gasteiger partial charge in [-0.2, -0.15) is 0 Å². The van der Waals surface area contributed by atoms with Crippen LogP contribution in [-0.4, -0.2) is 63.3 Å². The number of nitrogens with zero attached hydrogens (tertiary/aromatic N) is 2. The zero-order valence-electron chi connectivity index (χ0n) is 17.4. The van der Waals surface area contributed by atoms with Crippen molar-refractivity contribution in [1.29, 1.82) is 0 Å². The average Bonchev–Trinajstić information content (AvgIpc) is 2.75. The third-order valence-electron chi connectivity index (χ3n) is 5.97. The lowest BCUT2D eigenvalue weighted by Gasteiger charge is -2.34. The Balaban J connectivity index is 1.44. The summed E-state index contributed by atoms with van der Waals surface area (Å²) in [5.41, 5.74) is 1.61. The van der Waals surface area contributed by atoms with Crippen molar-refractivity contribution in [2.24, 2.45) is 5.92 Å². The van der Waals surface area contributed by atoms with Crippen LogP contribution >= 0.6 is 0 Å². The number of anilines is 1. The summed E-state index contributed by atoms with van der Waals surface area (Å²) in [4.78, 5) is 28.4. The molecule has 2 amide bonds. The molecular weight excluding hydrogens is 406 g/mol. The summed E-state index contributed by atoms with van der Waals surface area (Å²) in [7, 11) is 0. The lowest BCUT2D eigenvalue weighted by Crippen LogP contribution is -2.50. The van der Waals surface area contributed by atoms with Crippen LogP contribution in [0.2, 0.25) is 0 Å². The van der Waals surface area contributed by atoms with Gasteiger partial charge in [0.2, 0.25) is 0 Å². The molecule has 0 radical (unpaired) electrons. The highest BCUT2D eigenvalue weighted by Crippen LogP contribution is 2.26. The van der Waals surface area contributed by atoms with Crippen LogP contribution in [-0.2, 0) is 16.0 Å². The number of piperazine rings is 1. The fourth-order valence-electron chi connectivity index (χ4n) is 4.16. The number of amides is 2. The van der Waals surface area contributed by atoms with Crippen molar-refractivity contribution >= 4 is 29.0 Å². The fraction of sp³-hybridized carbons (Fsp3) is 0.619. The van der Waals surface area contributed by atoms with Crippen LogP contribution in [0.25, 0.3) is 0 Å². The Morgan fingerprint density at radius 3 is 2.43 bits per heavy atom. The Kier molecular flexibility index (Phi) is 8.09. The Labute approximate surface area is 180 Å². The lowest BCUT2D eigenvalue weighted by atomic mass is 9.87. The summed E-state index contributed by atoms with van der Waals surface area (Å²) in [6, 6.07) is 4.86. The minimum Gasteiger partial charge on any atom is -0.755 e. The zero-order chi connectivity index (χ0) is 21.5. The maximum absolute atomic E-state index is 12.8. The van der Waals surface area contributed by atoms with Gasteiger partial charge in [-0.25, -0.2) is 4.79 Å². The van der Waals surface area contributed by atoms with E-state index in [1.807, 2.05) is 0 Å². The van der Waals surface area contributed by atoms with Gasteiger partial charge in [0.05, 0.1) is 6.61 Å². The van der Waals surface area contributed by atoms with Gasteiger partial charge in [-0.1, -0.05) is 32.1 Å². The molecule has 0 bridgehead atoms. The molecule has 2 aliphatic rings. The Morgan fingerprint density at radius 2 is 1.80 bits per heavy atom. The second-order valence-corrected chi connectivity index (χ2v) is 8.73. The summed E-state index contributed by atoms with van der Waals surface area (Å²) in [5, 5.41) is 0. The second-order valence-electron chi connectivity index (χ2n) is 8.05. The minimum absolute atomic E-state index is 0.127. The van der Waals surface area contributed by atoms with Crippen LogP contribution in [0.3, 0.4) is 0 Å². The van der Waals surface area contributed by atoms with Gasteiger partial charge in [-0.15, -0.1) is 0 Å². The number of carbonyl (C=O) groups excluding carboxylic acids is 2. The molecule has 1 unspecified atom stereocenters. The summed E-state index contributed by atoms with van der Waals surface area (Å²) >= 11 is -2.41. The highest BCUT2D eigenvalue weighted by molar-refractivity contribution is 7.80. The first kappa shape index (κ1) is 22.6. The zero-order valence-corrected chi connectivity index (χ0v) is 18.2. The van der Waals surface area contributed by atoms with Crippen molar-refractivity contribution in [3.05, 3.63) is 29.3 Å². The largest absolute Gasteiger partial charge is 0.755 e. The molecule has 0 aromatic heterocycles. The number of nitrogens with one attached hydrogen (secondary N) is 1. The van der Waals surface area contributed by atoms with E-state index in [0.717, 1.165) is 6.42 Å². The van der Waals surface area contributed by atoms with Crippen LogP contribution < -0.4 is 4.72 Å². The molecule has 1 atom stereocenters. The number of hydrogen-bond acceptors (Lipinski definition) is 5. The van der Waals surface area contributed by atoms with Gasteiger partial charge in [0.15, 0.2) is 0 Å². The number of aryl methyl sites for hydroxylation is 1. The average molecular weight is 437 g/mol. The standard InChI is InChI=1S/C21H31N3O5S/c1-16-15-18(7-8-19(16)22-30(27)28)20(25)23-10-12-24(13-11-23)21(26)29-14-9-17-5-3-2-4-6-17/h7-8,15,17,22H,2-6,9-14H2,1H3,(H,27,28)/p-1. The second kappa shape index (κ2) is 10.8. The van der Waals surface area contributed by atoms with E-state index >= 15 is 0 Å². The number of rotatable bonds is 6. The molecule has 1 aliphatic heterocycles. The summed E-state index contributed by atoms with van der Waals surface area (Å²) in [6.07, 6.45) is 7.01. The van der Waals surface area contributed by atoms with Crippen molar-refractivity contribution in [3.63, 3.8) is 0 Å². The van der Waals surface area contributed by atoms with Crippen LogP contribution in [0.15, 0.2) is 18.2 Å². The molecular formula is C21H30N3O5S-. The van der Waals surface area contributed by atoms with Crippen molar-refractivity contribution in [3.8, 4) is 0 Å². The molecule has 3 rings (SSSR count). The molecule has 166 valence electrons. The number of ether oxygens (including phenoxy) is 1. The maximum atomic E-state index is 12.8. The molecule has 1 aliphatic carbocycles. The lowest BCUT2D eigenvalue weighted by molar-refractivity contribution is 0.0543. The van der Waals surface area contributed by atoms with E-state index in [4.69, 9.17) is 4.74 Å². The number of benzene rings is 1. The predicted molar refractivity (Wildman–Crippen MR) is 114 cm³/mol. The summed E-state index contributed by atoms with van der Waals surface area (Å²) in [5.74, 6) is 0.554. The van der Waals surface area contributed by atoms with Gasteiger partial charge in [0, 0.05) is 48.7 Å². The SMILES string of the molecule is Cc1cc(C(=O)N2CCN(C(=O)OCCC3CCCCC3)CC2)ccc1NS(=O)[O-]. The third-order valence-corrected chi connectivity index (χ3v) is 6.35. The van der Waals surface area contributed by atoms with Crippen molar-refractivity contribution < 1.29 is 23.1 Å². The number of hydrogen-bond donors (Lipinski definition) is 1. The van der Waals surface area contributed by atoms with Gasteiger partial charge in [-0.3, -0.25) is 9.00 Å². The normalized spacial score (nSPS) is 18.7. The van der Waals surface area contributed by atoms with E-state index in [9.17, 15) is 18.4 Å². The predicted octanol–water partition coefficient (Wildman–Crippen LogP) is 3.07. The highest BCUT2D eigenvalue weighted by atomic mass is 32.2. The third kappa shape index (κ3) is 6.18. The number of carbonyl (C=O) groups is 2. The van der Waals surface area contributed by atoms with Gasteiger partial charge in [0.1, 0.15) is 0 Å². The maximum Gasteiger partial charge on any atom is 0.409 e. The van der Waals surface area contributed by atoms with E-state index in [-0.39, 0.29) is 12.0 Å². The molecule has 1 saturated heterocycles. The minimum atomic E-state index is -2.41. The highest BCUT2D eigenvalue weighted by Gasteiger charge is 2.26. The van der Waals surface area contributed by atoms with Gasteiger partial charge in [-0.05, 0) is 43.0 Å². The van der Waals surface area contributed by atoms with E-state index < -0.39 is 11.3 Å². The van der Waals surface area contributed by atoms with E-state index in [2.05, 4.69) is 4.72 Å². The smallest absolute Gasteiger partial charge is 0.409 e. The first-order valence-corrected chi connectivity index (χ1v) is 11.7. The molecule has 2 fully saturated rings. The molecule has 1 saturated carbocycles. The van der Waals surface area contributed by atoms with Crippen molar-refractivity contribution in [1.82, 2.24) is 9.80 Å². The molecule has 1 heterocycles. The summed E-state index contributed by atoms with van der Waals surface area (Å²) in [6.45, 7) is 3.99. The van der Waals surface area contributed by atoms with Crippen LogP contribution in [0.1, 0.15) is 54.4 Å². The van der Waals surface area contributed by atoms with Gasteiger partial charge >= 0.3 is 6.09 Å². The van der Waals surface area contributed by atoms with Crippen LogP contribution in [0.5, 0.6) is 0 Å². The van der Waals surface area contributed by atoms with Crippen molar-refractivity contribution in [2.75, 3.05) is 37.5 Å². The molecule has 1 N–H and O–H groups in total. The molecule has 30 heavy (non-hydrogen) atoms. The molecule has 1 aromatic rings. The topological polar surface area (TPSA) is 102 Å². The molecule has 9 heteroatoms. The van der Waals surface area contributed by atoms with E-state index in [0.29, 0.717) is 55.5 Å². The summed E-state index contributed by atoms with van der Waals surface area (Å²) < 4.78 is 29.3. The Bertz CT molecular complexity index is 774.